The van der Waals surface area contributed by atoms with Crippen molar-refractivity contribution in [2.75, 3.05) is 33.9 Å². The highest BCUT2D eigenvalue weighted by Gasteiger charge is 2.35. The van der Waals surface area contributed by atoms with Gasteiger partial charge < -0.3 is 9.47 Å². The van der Waals surface area contributed by atoms with E-state index in [1.165, 1.54) is 14.2 Å². The molecule has 1 atom stereocenters. The zero-order valence-electron chi connectivity index (χ0n) is 10.9. The van der Waals surface area contributed by atoms with E-state index in [4.69, 9.17) is 4.74 Å². The predicted octanol–water partition coefficient (Wildman–Crippen LogP) is -0.505. The third kappa shape index (κ3) is 4.20. The molecule has 7 nitrogen and oxygen atoms in total. The molecule has 0 spiro atoms. The van der Waals surface area contributed by atoms with Crippen molar-refractivity contribution in [3.63, 3.8) is 0 Å². The van der Waals surface area contributed by atoms with E-state index >= 15 is 0 Å². The molecule has 1 fully saturated rings. The molecule has 106 valence electrons. The van der Waals surface area contributed by atoms with Gasteiger partial charge in [-0.2, -0.15) is 17.4 Å². The van der Waals surface area contributed by atoms with Gasteiger partial charge in [-0.15, -0.1) is 0 Å². The lowest BCUT2D eigenvalue weighted by atomic mass is 10.0. The fraction of sp³-hybridized carbons (Fsp3) is 0.900. The standard InChI is InChI=1S/C10H20N2O5S/c1-10(5-7-17-8-10)11-18(14,15)12(2)6-4-9(13)16-3/h11H,4-8H2,1-3H3. The van der Waals surface area contributed by atoms with Gasteiger partial charge in [0.1, 0.15) is 0 Å². The molecule has 1 unspecified atom stereocenters. The van der Waals surface area contributed by atoms with Crippen molar-refractivity contribution in [1.82, 2.24) is 9.03 Å². The van der Waals surface area contributed by atoms with Crippen LogP contribution in [-0.2, 0) is 24.5 Å². The summed E-state index contributed by atoms with van der Waals surface area (Å²) in [6, 6.07) is 0. The Morgan fingerprint density at radius 1 is 1.56 bits per heavy atom. The Labute approximate surface area is 108 Å². The average molecular weight is 280 g/mol. The van der Waals surface area contributed by atoms with Gasteiger partial charge >= 0.3 is 5.97 Å². The molecule has 8 heteroatoms. The Balaban J connectivity index is 2.54. The van der Waals surface area contributed by atoms with Crippen LogP contribution in [0, 0.1) is 0 Å². The lowest BCUT2D eigenvalue weighted by molar-refractivity contribution is -0.140. The first-order valence-electron chi connectivity index (χ1n) is 5.69. The topological polar surface area (TPSA) is 84.9 Å². The van der Waals surface area contributed by atoms with Gasteiger partial charge in [0.15, 0.2) is 0 Å². The molecule has 1 rings (SSSR count). The van der Waals surface area contributed by atoms with E-state index in [9.17, 15) is 13.2 Å². The number of rotatable bonds is 6. The number of hydrogen-bond acceptors (Lipinski definition) is 5. The van der Waals surface area contributed by atoms with E-state index in [-0.39, 0.29) is 13.0 Å². The second-order valence-electron chi connectivity index (χ2n) is 4.62. The fourth-order valence-electron chi connectivity index (χ4n) is 1.61. The third-order valence-electron chi connectivity index (χ3n) is 2.86. The van der Waals surface area contributed by atoms with E-state index in [1.807, 2.05) is 0 Å². The first-order chi connectivity index (χ1) is 8.29. The average Bonchev–Trinajstić information content (AvgIpc) is 2.70. The van der Waals surface area contributed by atoms with Crippen molar-refractivity contribution in [3.8, 4) is 0 Å². The molecule has 0 bridgehead atoms. The normalized spacial score (nSPS) is 24.4. The molecule has 0 aromatic rings. The molecule has 1 aliphatic rings. The maximum absolute atomic E-state index is 12.0. The minimum Gasteiger partial charge on any atom is -0.469 e. The summed E-state index contributed by atoms with van der Waals surface area (Å²) < 4.78 is 37.3. The molecule has 1 saturated heterocycles. The summed E-state index contributed by atoms with van der Waals surface area (Å²) in [5.41, 5.74) is -0.571. The van der Waals surface area contributed by atoms with Crippen molar-refractivity contribution in [2.24, 2.45) is 0 Å². The van der Waals surface area contributed by atoms with E-state index in [2.05, 4.69) is 9.46 Å². The first-order valence-corrected chi connectivity index (χ1v) is 7.13. The third-order valence-corrected chi connectivity index (χ3v) is 4.62. The number of methoxy groups -OCH3 is 1. The van der Waals surface area contributed by atoms with Crippen LogP contribution in [0.25, 0.3) is 0 Å². The van der Waals surface area contributed by atoms with Gasteiger partial charge in [-0.3, -0.25) is 4.79 Å². The highest BCUT2D eigenvalue weighted by Crippen LogP contribution is 2.19. The van der Waals surface area contributed by atoms with Crippen molar-refractivity contribution < 1.29 is 22.7 Å². The molecule has 0 radical (unpaired) electrons. The second kappa shape index (κ2) is 5.96. The predicted molar refractivity (Wildman–Crippen MR) is 65.2 cm³/mol. The lowest BCUT2D eigenvalue weighted by Crippen LogP contribution is -2.51. The van der Waals surface area contributed by atoms with Crippen LogP contribution in [0.15, 0.2) is 0 Å². The van der Waals surface area contributed by atoms with Crippen molar-refractivity contribution >= 4 is 16.2 Å². The van der Waals surface area contributed by atoms with Gasteiger partial charge in [-0.1, -0.05) is 0 Å². The summed E-state index contributed by atoms with van der Waals surface area (Å²) >= 11 is 0. The highest BCUT2D eigenvalue weighted by molar-refractivity contribution is 7.87. The summed E-state index contributed by atoms with van der Waals surface area (Å²) in [5, 5.41) is 0. The van der Waals surface area contributed by atoms with Crippen LogP contribution in [0.2, 0.25) is 0 Å². The molecule has 1 aliphatic heterocycles. The van der Waals surface area contributed by atoms with Gasteiger partial charge in [0.05, 0.1) is 25.7 Å². The van der Waals surface area contributed by atoms with E-state index in [1.54, 1.807) is 6.92 Å². The Kier molecular flexibility index (Phi) is 5.09. The number of ether oxygens (including phenoxy) is 2. The minimum absolute atomic E-state index is 0.0289. The van der Waals surface area contributed by atoms with Gasteiger partial charge in [-0.05, 0) is 13.3 Å². The summed E-state index contributed by atoms with van der Waals surface area (Å²) in [4.78, 5) is 11.0. The number of hydrogen-bond donors (Lipinski definition) is 1. The Bertz CT molecular complexity index is 389. The van der Waals surface area contributed by atoms with Crippen LogP contribution >= 0.6 is 0 Å². The fourth-order valence-corrected chi connectivity index (χ4v) is 2.88. The molecule has 0 aromatic carbocycles. The molecule has 1 N–H and O–H groups in total. The molecule has 18 heavy (non-hydrogen) atoms. The van der Waals surface area contributed by atoms with Crippen molar-refractivity contribution in [1.29, 1.82) is 0 Å². The molecular formula is C10H20N2O5S. The number of esters is 1. The van der Waals surface area contributed by atoms with Gasteiger partial charge in [0, 0.05) is 20.2 Å². The van der Waals surface area contributed by atoms with E-state index < -0.39 is 21.7 Å². The van der Waals surface area contributed by atoms with Crippen LogP contribution in [0.1, 0.15) is 19.8 Å². The zero-order chi connectivity index (χ0) is 13.8. The van der Waals surface area contributed by atoms with Crippen molar-refractivity contribution in [3.05, 3.63) is 0 Å². The van der Waals surface area contributed by atoms with Gasteiger partial charge in [-0.25, -0.2) is 0 Å². The first kappa shape index (κ1) is 15.4. The van der Waals surface area contributed by atoms with Gasteiger partial charge in [0.2, 0.25) is 0 Å². The summed E-state index contributed by atoms with van der Waals surface area (Å²) in [6.45, 7) is 2.78. The minimum atomic E-state index is -3.61. The van der Waals surface area contributed by atoms with Crippen LogP contribution in [0.5, 0.6) is 0 Å². The molecule has 0 saturated carbocycles. The monoisotopic (exact) mass is 280 g/mol. The summed E-state index contributed by atoms with van der Waals surface area (Å²) in [5.74, 6) is -0.438. The largest absolute Gasteiger partial charge is 0.469 e. The number of carbonyl (C=O) groups excluding carboxylic acids is 1. The Hall–Kier alpha value is -0.700. The van der Waals surface area contributed by atoms with Crippen LogP contribution in [0.3, 0.4) is 0 Å². The van der Waals surface area contributed by atoms with Crippen LogP contribution < -0.4 is 4.72 Å². The summed E-state index contributed by atoms with van der Waals surface area (Å²) in [7, 11) is -0.920. The Morgan fingerprint density at radius 3 is 2.72 bits per heavy atom. The maximum Gasteiger partial charge on any atom is 0.306 e. The van der Waals surface area contributed by atoms with E-state index in [0.717, 1.165) is 4.31 Å². The zero-order valence-corrected chi connectivity index (χ0v) is 11.7. The maximum atomic E-state index is 12.0. The van der Waals surface area contributed by atoms with Gasteiger partial charge in [0.25, 0.3) is 10.2 Å². The molecule has 0 aliphatic carbocycles. The number of nitrogens with one attached hydrogen (secondary N) is 1. The quantitative estimate of drug-likeness (QED) is 0.663. The summed E-state index contributed by atoms with van der Waals surface area (Å²) in [6.07, 6.45) is 0.665. The smallest absolute Gasteiger partial charge is 0.306 e. The number of nitrogens with zero attached hydrogens (tertiary/aromatic N) is 1. The number of carbonyl (C=O) groups is 1. The van der Waals surface area contributed by atoms with Crippen LogP contribution in [-0.4, -0.2) is 58.1 Å². The molecule has 0 aromatic heterocycles. The highest BCUT2D eigenvalue weighted by atomic mass is 32.2. The van der Waals surface area contributed by atoms with Crippen molar-refractivity contribution in [2.45, 2.75) is 25.3 Å². The Morgan fingerprint density at radius 2 is 2.22 bits per heavy atom. The molecule has 1 heterocycles. The molecular weight excluding hydrogens is 260 g/mol. The lowest BCUT2D eigenvalue weighted by Gasteiger charge is -2.26. The molecule has 0 amide bonds. The van der Waals surface area contributed by atoms with E-state index in [0.29, 0.717) is 19.6 Å². The second-order valence-corrected chi connectivity index (χ2v) is 6.40. The van der Waals surface area contributed by atoms with Crippen LogP contribution in [0.4, 0.5) is 0 Å². The SMILES string of the molecule is COC(=O)CCN(C)S(=O)(=O)NC1(C)CCOC1.